The van der Waals surface area contributed by atoms with Gasteiger partial charge in [0.25, 0.3) is 0 Å². The van der Waals surface area contributed by atoms with E-state index in [2.05, 4.69) is 65.1 Å². The number of carbonyl (C=O) groups is 1. The van der Waals surface area contributed by atoms with Gasteiger partial charge in [-0.15, -0.1) is 10.2 Å². The number of rotatable bonds is 4. The molecule has 144 valence electrons. The molecule has 0 radical (unpaired) electrons. The molecule has 1 N–H and O–H groups in total. The fraction of sp³-hybridized carbons (Fsp3) is 0.571. The minimum Gasteiger partial charge on any atom is -0.333 e. The van der Waals surface area contributed by atoms with E-state index in [0.29, 0.717) is 5.92 Å². The molecule has 0 saturated carbocycles. The highest BCUT2D eigenvalue weighted by molar-refractivity contribution is 5.76. The van der Waals surface area contributed by atoms with Gasteiger partial charge in [-0.05, 0) is 18.4 Å². The van der Waals surface area contributed by atoms with Crippen LogP contribution in [0.3, 0.4) is 0 Å². The lowest BCUT2D eigenvalue weighted by molar-refractivity contribution is 0.0855. The predicted octanol–water partition coefficient (Wildman–Crippen LogP) is 3.09. The van der Waals surface area contributed by atoms with Crippen molar-refractivity contribution >= 4 is 6.03 Å². The van der Waals surface area contributed by atoms with Crippen LogP contribution >= 0.6 is 0 Å². The number of likely N-dealkylation sites (tertiary alicyclic amines) is 1. The van der Waals surface area contributed by atoms with Crippen molar-refractivity contribution in [2.75, 3.05) is 13.1 Å². The minimum absolute atomic E-state index is 0.0580. The Morgan fingerprint density at radius 3 is 2.67 bits per heavy atom. The van der Waals surface area contributed by atoms with Crippen LogP contribution < -0.4 is 5.32 Å². The molecule has 0 spiro atoms. The highest BCUT2D eigenvalue weighted by Gasteiger charge is 2.45. The topological polar surface area (TPSA) is 63.1 Å². The van der Waals surface area contributed by atoms with Crippen LogP contribution in [-0.2, 0) is 18.4 Å². The number of hydrogen-bond donors (Lipinski definition) is 1. The molecule has 0 bridgehead atoms. The van der Waals surface area contributed by atoms with Crippen molar-refractivity contribution in [3.8, 4) is 0 Å². The quantitative estimate of drug-likeness (QED) is 0.903. The zero-order valence-electron chi connectivity index (χ0n) is 16.5. The summed E-state index contributed by atoms with van der Waals surface area (Å²) in [5, 5.41) is 11.9. The van der Waals surface area contributed by atoms with Gasteiger partial charge in [0.1, 0.15) is 11.6 Å². The van der Waals surface area contributed by atoms with Gasteiger partial charge in [0, 0.05) is 43.4 Å². The first-order valence-corrected chi connectivity index (χ1v) is 10.1. The van der Waals surface area contributed by atoms with E-state index < -0.39 is 0 Å². The number of aromatic nitrogens is 3. The van der Waals surface area contributed by atoms with Crippen LogP contribution in [-0.4, -0.2) is 44.8 Å². The Bertz CT molecular complexity index is 807. The molecule has 2 aliphatic heterocycles. The van der Waals surface area contributed by atoms with Crippen molar-refractivity contribution in [1.82, 2.24) is 25.0 Å². The Morgan fingerprint density at radius 2 is 2.00 bits per heavy atom. The van der Waals surface area contributed by atoms with Crippen LogP contribution in [0.1, 0.15) is 56.7 Å². The molecule has 2 aliphatic rings. The number of fused-ring (bicyclic) bond motifs is 1. The Labute approximate surface area is 161 Å². The molecule has 1 fully saturated rings. The summed E-state index contributed by atoms with van der Waals surface area (Å²) in [6.45, 7) is 8.83. The Kier molecular flexibility index (Phi) is 4.66. The maximum atomic E-state index is 12.8. The van der Waals surface area contributed by atoms with Gasteiger partial charge in [-0.25, -0.2) is 4.79 Å². The van der Waals surface area contributed by atoms with E-state index in [1.807, 2.05) is 11.0 Å². The normalized spacial score (nSPS) is 20.9. The highest BCUT2D eigenvalue weighted by atomic mass is 16.2. The summed E-state index contributed by atoms with van der Waals surface area (Å²) in [6, 6.07) is 10.8. The fourth-order valence-electron chi connectivity index (χ4n) is 4.39. The lowest BCUT2D eigenvalue weighted by atomic mass is 9.72. The summed E-state index contributed by atoms with van der Waals surface area (Å²) in [5.74, 6) is 2.40. The van der Waals surface area contributed by atoms with Gasteiger partial charge in [-0.3, -0.25) is 0 Å². The predicted molar refractivity (Wildman–Crippen MR) is 105 cm³/mol. The van der Waals surface area contributed by atoms with E-state index in [1.54, 1.807) is 0 Å². The van der Waals surface area contributed by atoms with Crippen LogP contribution in [0.4, 0.5) is 4.79 Å². The van der Waals surface area contributed by atoms with E-state index in [1.165, 1.54) is 5.56 Å². The molecule has 6 heteroatoms. The van der Waals surface area contributed by atoms with Crippen LogP contribution in [0.15, 0.2) is 30.3 Å². The SMILES string of the molecule is CCC1(c2ccccc2)CN(C(=O)NC2CCc3nnc(C(C)C)n3C2)C1. The van der Waals surface area contributed by atoms with Crippen molar-refractivity contribution in [3.05, 3.63) is 47.5 Å². The van der Waals surface area contributed by atoms with Gasteiger partial charge >= 0.3 is 6.03 Å². The third kappa shape index (κ3) is 3.22. The van der Waals surface area contributed by atoms with Crippen LogP contribution in [0.5, 0.6) is 0 Å². The fourth-order valence-corrected chi connectivity index (χ4v) is 4.39. The highest BCUT2D eigenvalue weighted by Crippen LogP contribution is 2.37. The maximum absolute atomic E-state index is 12.8. The molecule has 0 aliphatic carbocycles. The number of urea groups is 1. The molecule has 1 unspecified atom stereocenters. The van der Waals surface area contributed by atoms with E-state index in [-0.39, 0.29) is 17.5 Å². The van der Waals surface area contributed by atoms with E-state index >= 15 is 0 Å². The first-order chi connectivity index (χ1) is 13.0. The van der Waals surface area contributed by atoms with Crippen LogP contribution in [0, 0.1) is 0 Å². The molecule has 1 aromatic carbocycles. The third-order valence-corrected chi connectivity index (χ3v) is 6.16. The summed E-state index contributed by atoms with van der Waals surface area (Å²) < 4.78 is 2.19. The minimum atomic E-state index is 0.0580. The number of nitrogens with one attached hydrogen (secondary N) is 1. The number of aryl methyl sites for hydroxylation is 1. The third-order valence-electron chi connectivity index (χ3n) is 6.16. The summed E-state index contributed by atoms with van der Waals surface area (Å²) in [4.78, 5) is 14.7. The van der Waals surface area contributed by atoms with Crippen LogP contribution in [0.2, 0.25) is 0 Å². The molecule has 1 saturated heterocycles. The van der Waals surface area contributed by atoms with Crippen LogP contribution in [0.25, 0.3) is 0 Å². The van der Waals surface area contributed by atoms with Gasteiger partial charge in [0.2, 0.25) is 0 Å². The largest absolute Gasteiger partial charge is 0.333 e. The van der Waals surface area contributed by atoms with Crippen molar-refractivity contribution in [2.45, 2.75) is 64.0 Å². The number of benzene rings is 1. The Balaban J connectivity index is 1.38. The number of amides is 2. The van der Waals surface area contributed by atoms with E-state index in [4.69, 9.17) is 0 Å². The molecule has 2 amide bonds. The first-order valence-electron chi connectivity index (χ1n) is 10.1. The Morgan fingerprint density at radius 1 is 1.26 bits per heavy atom. The van der Waals surface area contributed by atoms with Gasteiger partial charge in [-0.1, -0.05) is 51.1 Å². The number of nitrogens with zero attached hydrogens (tertiary/aromatic N) is 4. The standard InChI is InChI=1S/C21H29N5O/c1-4-21(16-8-6-5-7-9-16)13-25(14-21)20(27)22-17-10-11-18-23-24-19(15(2)3)26(18)12-17/h5-9,15,17H,4,10-14H2,1-3H3,(H,22,27). The molecular formula is C21H29N5O. The van der Waals surface area contributed by atoms with Gasteiger partial charge in [0.05, 0.1) is 0 Å². The first kappa shape index (κ1) is 18.0. The molecular weight excluding hydrogens is 338 g/mol. The molecule has 1 atom stereocenters. The second-order valence-corrected chi connectivity index (χ2v) is 8.28. The summed E-state index contributed by atoms with van der Waals surface area (Å²) in [5.41, 5.74) is 1.45. The number of hydrogen-bond acceptors (Lipinski definition) is 3. The van der Waals surface area contributed by atoms with Gasteiger partial charge in [-0.2, -0.15) is 0 Å². The van der Waals surface area contributed by atoms with E-state index in [0.717, 1.165) is 50.5 Å². The summed E-state index contributed by atoms with van der Waals surface area (Å²) in [7, 11) is 0. The summed E-state index contributed by atoms with van der Waals surface area (Å²) in [6.07, 6.45) is 2.84. The average Bonchev–Trinajstić information content (AvgIpc) is 3.06. The second-order valence-electron chi connectivity index (χ2n) is 8.28. The molecule has 4 rings (SSSR count). The monoisotopic (exact) mass is 367 g/mol. The lowest BCUT2D eigenvalue weighted by Gasteiger charge is -2.50. The van der Waals surface area contributed by atoms with E-state index in [9.17, 15) is 4.79 Å². The zero-order valence-corrected chi connectivity index (χ0v) is 16.5. The van der Waals surface area contributed by atoms with Crippen molar-refractivity contribution in [2.24, 2.45) is 0 Å². The molecule has 1 aromatic heterocycles. The zero-order chi connectivity index (χ0) is 19.0. The summed E-state index contributed by atoms with van der Waals surface area (Å²) >= 11 is 0. The smallest absolute Gasteiger partial charge is 0.317 e. The number of carbonyl (C=O) groups excluding carboxylic acids is 1. The lowest BCUT2D eigenvalue weighted by Crippen LogP contribution is -2.64. The molecule has 27 heavy (non-hydrogen) atoms. The molecule has 2 aromatic rings. The molecule has 6 nitrogen and oxygen atoms in total. The van der Waals surface area contributed by atoms with Crippen molar-refractivity contribution < 1.29 is 4.79 Å². The Hall–Kier alpha value is -2.37. The van der Waals surface area contributed by atoms with Crippen molar-refractivity contribution in [3.63, 3.8) is 0 Å². The van der Waals surface area contributed by atoms with Gasteiger partial charge in [0.15, 0.2) is 0 Å². The maximum Gasteiger partial charge on any atom is 0.317 e. The average molecular weight is 367 g/mol. The molecule has 3 heterocycles. The second kappa shape index (κ2) is 6.98. The van der Waals surface area contributed by atoms with Crippen molar-refractivity contribution in [1.29, 1.82) is 0 Å². The van der Waals surface area contributed by atoms with Gasteiger partial charge < -0.3 is 14.8 Å².